The second kappa shape index (κ2) is 6.17. The number of hydrogen-bond donors (Lipinski definition) is 2. The molecule has 1 aliphatic rings. The van der Waals surface area contributed by atoms with Gasteiger partial charge in [-0.05, 0) is 50.0 Å². The van der Waals surface area contributed by atoms with Crippen LogP contribution < -0.4 is 5.32 Å². The first-order valence-electron chi connectivity index (χ1n) is 6.79. The molecule has 1 aromatic rings. The highest BCUT2D eigenvalue weighted by molar-refractivity contribution is 5.73. The van der Waals surface area contributed by atoms with Gasteiger partial charge in [0.25, 0.3) is 0 Å². The van der Waals surface area contributed by atoms with Gasteiger partial charge in [0.1, 0.15) is 6.04 Å². The van der Waals surface area contributed by atoms with Gasteiger partial charge < -0.3 is 10.4 Å². The van der Waals surface area contributed by atoms with Crippen molar-refractivity contribution in [2.45, 2.75) is 31.8 Å². The van der Waals surface area contributed by atoms with Crippen LogP contribution in [0, 0.1) is 0 Å². The molecule has 0 saturated carbocycles. The Kier molecular flexibility index (Phi) is 4.56. The number of benzene rings is 1. The van der Waals surface area contributed by atoms with Crippen LogP contribution in [0.2, 0.25) is 0 Å². The Morgan fingerprint density at radius 3 is 2.84 bits per heavy atom. The molecule has 2 rings (SSSR count). The fourth-order valence-corrected chi connectivity index (χ4v) is 2.70. The van der Waals surface area contributed by atoms with Gasteiger partial charge in [-0.25, -0.2) is 0 Å². The van der Waals surface area contributed by atoms with Crippen LogP contribution in [0.4, 0.5) is 0 Å². The van der Waals surface area contributed by atoms with Gasteiger partial charge in [-0.1, -0.05) is 18.2 Å². The maximum absolute atomic E-state index is 11.0. The first-order chi connectivity index (χ1) is 9.10. The number of carboxylic acids is 1. The highest BCUT2D eigenvalue weighted by Crippen LogP contribution is 2.23. The molecule has 4 heteroatoms. The maximum Gasteiger partial charge on any atom is 0.322 e. The van der Waals surface area contributed by atoms with Crippen LogP contribution in [0.1, 0.15) is 23.1 Å². The molecule has 4 nitrogen and oxygen atoms in total. The molecule has 104 valence electrons. The average molecular weight is 262 g/mol. The summed E-state index contributed by atoms with van der Waals surface area (Å²) in [5.74, 6) is -0.802. The van der Waals surface area contributed by atoms with Crippen molar-refractivity contribution >= 4 is 5.97 Å². The lowest BCUT2D eigenvalue weighted by molar-refractivity contribution is -0.139. The third-order valence-corrected chi connectivity index (χ3v) is 3.76. The number of carbonyl (C=O) groups is 1. The Hall–Kier alpha value is -1.39. The van der Waals surface area contributed by atoms with Gasteiger partial charge in [-0.2, -0.15) is 0 Å². The molecule has 0 aliphatic heterocycles. The van der Waals surface area contributed by atoms with E-state index in [1.807, 2.05) is 11.9 Å². The van der Waals surface area contributed by atoms with E-state index in [1.165, 1.54) is 36.0 Å². The topological polar surface area (TPSA) is 52.6 Å². The zero-order valence-electron chi connectivity index (χ0n) is 11.6. The Bertz CT molecular complexity index is 459. The number of nitrogens with zero attached hydrogens (tertiary/aromatic N) is 1. The normalized spacial score (nSPS) is 15.5. The summed E-state index contributed by atoms with van der Waals surface area (Å²) in [6.45, 7) is 1.29. The fraction of sp³-hybridized carbons (Fsp3) is 0.533. The Labute approximate surface area is 114 Å². The SMILES string of the molecule is CNC(CN(C)Cc1ccc2c(c1)CCC2)C(=O)O. The van der Waals surface area contributed by atoms with Gasteiger partial charge in [0.2, 0.25) is 0 Å². The molecule has 0 spiro atoms. The van der Waals surface area contributed by atoms with E-state index in [1.54, 1.807) is 7.05 Å². The number of likely N-dealkylation sites (N-methyl/N-ethyl adjacent to an activating group) is 2. The summed E-state index contributed by atoms with van der Waals surface area (Å²) in [6.07, 6.45) is 3.64. The fourth-order valence-electron chi connectivity index (χ4n) is 2.70. The van der Waals surface area contributed by atoms with Crippen LogP contribution in [0.25, 0.3) is 0 Å². The lowest BCUT2D eigenvalue weighted by atomic mass is 10.1. The summed E-state index contributed by atoms with van der Waals surface area (Å²) < 4.78 is 0. The monoisotopic (exact) mass is 262 g/mol. The lowest BCUT2D eigenvalue weighted by Gasteiger charge is -2.21. The largest absolute Gasteiger partial charge is 0.480 e. The molecule has 1 unspecified atom stereocenters. The summed E-state index contributed by atoms with van der Waals surface area (Å²) >= 11 is 0. The molecule has 1 atom stereocenters. The van der Waals surface area contributed by atoms with E-state index in [9.17, 15) is 4.79 Å². The van der Waals surface area contributed by atoms with Gasteiger partial charge in [0.15, 0.2) is 0 Å². The van der Waals surface area contributed by atoms with Crippen LogP contribution >= 0.6 is 0 Å². The van der Waals surface area contributed by atoms with E-state index in [2.05, 4.69) is 23.5 Å². The maximum atomic E-state index is 11.0. The first kappa shape index (κ1) is 14.0. The molecule has 0 radical (unpaired) electrons. The minimum atomic E-state index is -0.802. The van der Waals surface area contributed by atoms with Gasteiger partial charge in [0.05, 0.1) is 0 Å². The van der Waals surface area contributed by atoms with Crippen molar-refractivity contribution in [3.05, 3.63) is 34.9 Å². The van der Waals surface area contributed by atoms with Gasteiger partial charge in [-0.15, -0.1) is 0 Å². The number of aliphatic carboxylic acids is 1. The quantitative estimate of drug-likeness (QED) is 0.811. The average Bonchev–Trinajstić information content (AvgIpc) is 2.82. The Balaban J connectivity index is 1.95. The molecular formula is C15H22N2O2. The molecule has 0 fully saturated rings. The van der Waals surface area contributed by atoms with E-state index in [4.69, 9.17) is 5.11 Å². The molecule has 0 aromatic heterocycles. The van der Waals surface area contributed by atoms with Crippen molar-refractivity contribution in [3.8, 4) is 0 Å². The number of nitrogens with one attached hydrogen (secondary N) is 1. The number of aryl methyl sites for hydroxylation is 2. The van der Waals surface area contributed by atoms with E-state index in [0.717, 1.165) is 6.54 Å². The molecule has 1 aromatic carbocycles. The summed E-state index contributed by atoms with van der Waals surface area (Å²) in [5, 5.41) is 11.8. The van der Waals surface area contributed by atoms with Crippen LogP contribution in [0.15, 0.2) is 18.2 Å². The Morgan fingerprint density at radius 1 is 1.42 bits per heavy atom. The van der Waals surface area contributed by atoms with Crippen molar-refractivity contribution in [2.24, 2.45) is 0 Å². The van der Waals surface area contributed by atoms with Crippen LogP contribution in [-0.2, 0) is 24.2 Å². The third-order valence-electron chi connectivity index (χ3n) is 3.76. The second-order valence-corrected chi connectivity index (χ2v) is 5.33. The van der Waals surface area contributed by atoms with Crippen molar-refractivity contribution < 1.29 is 9.90 Å². The number of hydrogen-bond acceptors (Lipinski definition) is 3. The molecule has 1 aliphatic carbocycles. The van der Waals surface area contributed by atoms with Gasteiger partial charge in [0, 0.05) is 13.1 Å². The third kappa shape index (κ3) is 3.55. The van der Waals surface area contributed by atoms with Crippen molar-refractivity contribution in [2.75, 3.05) is 20.6 Å². The first-order valence-corrected chi connectivity index (χ1v) is 6.79. The summed E-state index contributed by atoms with van der Waals surface area (Å²) in [7, 11) is 3.64. The van der Waals surface area contributed by atoms with Crippen LogP contribution in [0.3, 0.4) is 0 Å². The predicted octanol–water partition coefficient (Wildman–Crippen LogP) is 1.28. The molecule has 0 bridgehead atoms. The number of rotatable bonds is 6. The van der Waals surface area contributed by atoms with Crippen molar-refractivity contribution in [1.82, 2.24) is 10.2 Å². The predicted molar refractivity (Wildman–Crippen MR) is 75.3 cm³/mol. The molecular weight excluding hydrogens is 240 g/mol. The zero-order valence-corrected chi connectivity index (χ0v) is 11.6. The summed E-state index contributed by atoms with van der Waals surface area (Å²) in [5.41, 5.74) is 4.21. The van der Waals surface area contributed by atoms with E-state index in [0.29, 0.717) is 6.54 Å². The molecule has 19 heavy (non-hydrogen) atoms. The van der Waals surface area contributed by atoms with Crippen LogP contribution in [-0.4, -0.2) is 42.7 Å². The van der Waals surface area contributed by atoms with E-state index in [-0.39, 0.29) is 0 Å². The minimum Gasteiger partial charge on any atom is -0.480 e. The smallest absolute Gasteiger partial charge is 0.322 e. The number of fused-ring (bicyclic) bond motifs is 1. The summed E-state index contributed by atoms with van der Waals surface area (Å²) in [6, 6.07) is 6.14. The van der Waals surface area contributed by atoms with Crippen molar-refractivity contribution in [3.63, 3.8) is 0 Å². The zero-order chi connectivity index (χ0) is 13.8. The molecule has 0 heterocycles. The molecule has 0 amide bonds. The van der Waals surface area contributed by atoms with E-state index < -0.39 is 12.0 Å². The number of carboxylic acid groups (broad SMARTS) is 1. The van der Waals surface area contributed by atoms with Gasteiger partial charge >= 0.3 is 5.97 Å². The van der Waals surface area contributed by atoms with Crippen molar-refractivity contribution in [1.29, 1.82) is 0 Å². The minimum absolute atomic E-state index is 0.503. The second-order valence-electron chi connectivity index (χ2n) is 5.33. The summed E-state index contributed by atoms with van der Waals surface area (Å²) in [4.78, 5) is 13.0. The van der Waals surface area contributed by atoms with E-state index >= 15 is 0 Å². The Morgan fingerprint density at radius 2 is 2.16 bits per heavy atom. The van der Waals surface area contributed by atoms with Crippen LogP contribution in [0.5, 0.6) is 0 Å². The highest BCUT2D eigenvalue weighted by atomic mass is 16.4. The van der Waals surface area contributed by atoms with Gasteiger partial charge in [-0.3, -0.25) is 9.69 Å². The molecule has 0 saturated heterocycles. The highest BCUT2D eigenvalue weighted by Gasteiger charge is 2.17. The lowest BCUT2D eigenvalue weighted by Crippen LogP contribution is -2.43. The standard InChI is InChI=1S/C15H22N2O2/c1-16-14(15(18)19)10-17(2)9-11-6-7-12-4-3-5-13(12)8-11/h6-8,14,16H,3-5,9-10H2,1-2H3,(H,18,19). The molecule has 2 N–H and O–H groups in total.